The van der Waals surface area contributed by atoms with Crippen LogP contribution in [0.15, 0.2) is 122 Å². The van der Waals surface area contributed by atoms with Crippen LogP contribution in [-0.2, 0) is 42.9 Å². The van der Waals surface area contributed by atoms with Gasteiger partial charge in [0, 0.05) is 19.3 Å². The fraction of sp³-hybridized carbons (Fsp3) is 0.619. The molecule has 75 heavy (non-hydrogen) atoms. The minimum atomic E-state index is -1.93. The molecule has 1 rings (SSSR count). The molecule has 0 aromatic carbocycles. The van der Waals surface area contributed by atoms with Crippen molar-refractivity contribution in [1.82, 2.24) is 0 Å². The van der Waals surface area contributed by atoms with Gasteiger partial charge < -0.3 is 39.0 Å². The Labute approximate surface area is 452 Å². The molecule has 0 radical (unpaired) electrons. The molecule has 1 heterocycles. The van der Waals surface area contributed by atoms with Crippen LogP contribution in [0.4, 0.5) is 0 Å². The van der Waals surface area contributed by atoms with Crippen molar-refractivity contribution in [2.75, 3.05) is 13.2 Å². The molecule has 0 spiro atoms. The molecule has 422 valence electrons. The van der Waals surface area contributed by atoms with Crippen molar-refractivity contribution >= 4 is 23.9 Å². The summed E-state index contributed by atoms with van der Waals surface area (Å²) in [5.74, 6) is -3.36. The van der Waals surface area contributed by atoms with Crippen LogP contribution in [0.3, 0.4) is 0 Å². The number of unbranched alkanes of at least 4 members (excludes halogenated alkanes) is 12. The number of allylic oxidation sites excluding steroid dienone is 20. The van der Waals surface area contributed by atoms with Crippen LogP contribution in [0.5, 0.6) is 0 Å². The maximum atomic E-state index is 13.1. The number of carbonyl (C=O) groups is 4. The third-order valence-electron chi connectivity index (χ3n) is 12.0. The Morgan fingerprint density at radius 3 is 1.33 bits per heavy atom. The van der Waals surface area contributed by atoms with Crippen molar-refractivity contribution in [3.8, 4) is 0 Å². The average Bonchev–Trinajstić information content (AvgIpc) is 3.39. The molecule has 0 aliphatic carbocycles. The fourth-order valence-electron chi connectivity index (χ4n) is 7.72. The van der Waals surface area contributed by atoms with Crippen molar-refractivity contribution < 1.29 is 58.2 Å². The normalized spacial score (nSPS) is 19.1. The molecule has 6 unspecified atom stereocenters. The van der Waals surface area contributed by atoms with E-state index in [1.165, 1.54) is 51.4 Å². The summed E-state index contributed by atoms with van der Waals surface area (Å²) < 4.78 is 28.2. The minimum Gasteiger partial charge on any atom is -0.479 e. The first-order valence-corrected chi connectivity index (χ1v) is 28.5. The van der Waals surface area contributed by atoms with E-state index in [0.29, 0.717) is 25.7 Å². The van der Waals surface area contributed by atoms with E-state index < -0.39 is 67.3 Å². The Bertz CT molecular complexity index is 1770. The van der Waals surface area contributed by atoms with E-state index in [9.17, 15) is 34.5 Å². The average molecular weight is 1050 g/mol. The monoisotopic (exact) mass is 1050 g/mol. The summed E-state index contributed by atoms with van der Waals surface area (Å²) in [6, 6.07) is 0. The Balaban J connectivity index is 2.75. The van der Waals surface area contributed by atoms with Gasteiger partial charge in [0.1, 0.15) is 18.8 Å². The van der Waals surface area contributed by atoms with Crippen LogP contribution in [0.2, 0.25) is 0 Å². The van der Waals surface area contributed by atoms with Crippen molar-refractivity contribution in [2.24, 2.45) is 0 Å². The van der Waals surface area contributed by atoms with Gasteiger partial charge in [-0.05, 0) is 103 Å². The minimum absolute atomic E-state index is 0.0204. The van der Waals surface area contributed by atoms with E-state index in [1.54, 1.807) is 0 Å². The Hall–Kier alpha value is -4.88. The lowest BCUT2D eigenvalue weighted by atomic mass is 9.98. The highest BCUT2D eigenvalue weighted by Gasteiger charge is 2.50. The number of carboxylic acid groups (broad SMARTS) is 1. The maximum absolute atomic E-state index is 13.1. The molecule has 0 saturated carbocycles. The maximum Gasteiger partial charge on any atom is 0.335 e. The summed E-state index contributed by atoms with van der Waals surface area (Å²) in [5.41, 5.74) is 0. The van der Waals surface area contributed by atoms with Crippen LogP contribution in [-0.4, -0.2) is 89.2 Å². The zero-order valence-electron chi connectivity index (χ0n) is 46.2. The van der Waals surface area contributed by atoms with E-state index in [2.05, 4.69) is 112 Å². The summed E-state index contributed by atoms with van der Waals surface area (Å²) in [5, 5.41) is 31.4. The molecule has 1 fully saturated rings. The van der Waals surface area contributed by atoms with Crippen molar-refractivity contribution in [1.29, 1.82) is 0 Å². The molecular weight excluding hydrogens is 949 g/mol. The van der Waals surface area contributed by atoms with Crippen molar-refractivity contribution in [3.63, 3.8) is 0 Å². The van der Waals surface area contributed by atoms with E-state index in [0.717, 1.165) is 83.5 Å². The van der Waals surface area contributed by atoms with Gasteiger partial charge in [0.25, 0.3) is 0 Å². The smallest absolute Gasteiger partial charge is 0.335 e. The number of aliphatic hydroxyl groups is 2. The quantitative estimate of drug-likeness (QED) is 0.0228. The van der Waals surface area contributed by atoms with Gasteiger partial charge in [-0.25, -0.2) is 4.79 Å². The number of carbonyl (C=O) groups excluding carboxylic acids is 3. The molecule has 1 aliphatic rings. The molecule has 1 saturated heterocycles. The third kappa shape index (κ3) is 40.1. The number of hydrogen-bond donors (Lipinski definition) is 3. The fourth-order valence-corrected chi connectivity index (χ4v) is 7.72. The summed E-state index contributed by atoms with van der Waals surface area (Å²) >= 11 is 0. The van der Waals surface area contributed by atoms with E-state index in [1.807, 2.05) is 30.4 Å². The summed E-state index contributed by atoms with van der Waals surface area (Å²) in [6.45, 7) is 5.58. The summed E-state index contributed by atoms with van der Waals surface area (Å²) in [7, 11) is 0. The topological polar surface area (TPSA) is 175 Å². The first-order chi connectivity index (χ1) is 36.6. The van der Waals surface area contributed by atoms with Gasteiger partial charge in [0.05, 0.1) is 6.61 Å². The number of esters is 3. The van der Waals surface area contributed by atoms with E-state index in [-0.39, 0.29) is 25.9 Å². The molecule has 12 nitrogen and oxygen atoms in total. The van der Waals surface area contributed by atoms with Crippen LogP contribution < -0.4 is 0 Å². The molecule has 0 amide bonds. The van der Waals surface area contributed by atoms with Gasteiger partial charge in [-0.1, -0.05) is 200 Å². The highest BCUT2D eigenvalue weighted by atomic mass is 16.7. The van der Waals surface area contributed by atoms with Crippen LogP contribution in [0, 0.1) is 0 Å². The molecule has 6 atom stereocenters. The number of aliphatic carboxylic acids is 1. The number of hydrogen-bond acceptors (Lipinski definition) is 11. The van der Waals surface area contributed by atoms with Gasteiger partial charge in [-0.15, -0.1) is 0 Å². The van der Waals surface area contributed by atoms with Gasteiger partial charge >= 0.3 is 23.9 Å². The zero-order chi connectivity index (χ0) is 54.7. The van der Waals surface area contributed by atoms with Crippen LogP contribution in [0.25, 0.3) is 0 Å². The van der Waals surface area contributed by atoms with Gasteiger partial charge in [0.15, 0.2) is 24.6 Å². The predicted octanol–water partition coefficient (Wildman–Crippen LogP) is 14.4. The zero-order valence-corrected chi connectivity index (χ0v) is 46.2. The molecule has 0 bridgehead atoms. The number of carboxylic acids is 1. The molecule has 12 heteroatoms. The van der Waals surface area contributed by atoms with E-state index >= 15 is 0 Å². The van der Waals surface area contributed by atoms with Gasteiger partial charge in [-0.2, -0.15) is 0 Å². The summed E-state index contributed by atoms with van der Waals surface area (Å²) in [6.07, 6.45) is 56.4. The number of rotatable bonds is 46. The Morgan fingerprint density at radius 1 is 0.453 bits per heavy atom. The molecule has 0 aromatic rings. The lowest BCUT2D eigenvalue weighted by Gasteiger charge is -2.40. The lowest BCUT2D eigenvalue weighted by Crippen LogP contribution is -2.61. The second-order valence-corrected chi connectivity index (χ2v) is 18.8. The highest BCUT2D eigenvalue weighted by Crippen LogP contribution is 2.26. The molecule has 1 aliphatic heterocycles. The van der Waals surface area contributed by atoms with Crippen molar-refractivity contribution in [2.45, 2.75) is 237 Å². The molecule has 0 aromatic heterocycles. The van der Waals surface area contributed by atoms with Gasteiger partial charge in [0.2, 0.25) is 0 Å². The van der Waals surface area contributed by atoms with Crippen LogP contribution >= 0.6 is 0 Å². The van der Waals surface area contributed by atoms with Gasteiger partial charge in [-0.3, -0.25) is 14.4 Å². The Kier molecular flexibility index (Phi) is 45.4. The van der Waals surface area contributed by atoms with E-state index in [4.69, 9.17) is 23.7 Å². The Morgan fingerprint density at radius 2 is 0.867 bits per heavy atom. The SMILES string of the molecule is CC/C=C\C/C=C\C/C=C\C/C=C\CCC(=O)OCC(COC1OC(C(=O)O)C(O)C(O)C1OC(=O)CCCCCCCCCCC/C=C\C/C=C\CCCCC)OC(=O)CC/C=C\C/C=C\C/C=C\C/C=C\CC. The number of aliphatic hydroxyl groups excluding tert-OH is 2. The molecule has 3 N–H and O–H groups in total. The van der Waals surface area contributed by atoms with Crippen molar-refractivity contribution in [3.05, 3.63) is 122 Å². The predicted molar refractivity (Wildman–Crippen MR) is 303 cm³/mol. The standard InChI is InChI=1S/C63H98O12/c1-4-7-10-13-16-19-22-25-26-27-28-29-30-33-36-39-42-45-48-51-57(66)74-61-59(68)58(67)60(62(69)70)75-63(61)72-53-54(73-56(65)50-47-44-41-38-35-32-24-21-18-15-12-9-6-3)52-71-55(64)49-46-43-40-37-34-31-23-20-17-14-11-8-5-2/h8-9,11-12,16-21,25-26,31-32,34-35,40-41,43-44,54,58-61,63,67-68H,4-7,10,13-15,22-24,27-30,33,36-39,42,45-53H2,1-3H3,(H,69,70)/b11-8-,12-9-,19-16-,20-17-,21-18-,26-25-,34-31-,35-32-,43-40-,44-41-. The lowest BCUT2D eigenvalue weighted by molar-refractivity contribution is -0.301. The molecular formula is C63H98O12. The second kappa shape index (κ2) is 50.0. The largest absolute Gasteiger partial charge is 0.479 e. The van der Waals surface area contributed by atoms with Crippen LogP contribution in [0.1, 0.15) is 201 Å². The first-order valence-electron chi connectivity index (χ1n) is 28.5. The third-order valence-corrected chi connectivity index (χ3v) is 12.0. The first kappa shape index (κ1) is 68.1. The highest BCUT2D eigenvalue weighted by molar-refractivity contribution is 5.74. The summed E-state index contributed by atoms with van der Waals surface area (Å²) in [4.78, 5) is 50.9. The number of ether oxygens (including phenoxy) is 5. The second-order valence-electron chi connectivity index (χ2n) is 18.8.